The van der Waals surface area contributed by atoms with Gasteiger partial charge in [-0.25, -0.2) is 9.97 Å². The van der Waals surface area contributed by atoms with E-state index in [1.54, 1.807) is 12.1 Å². The summed E-state index contributed by atoms with van der Waals surface area (Å²) < 4.78 is 0. The summed E-state index contributed by atoms with van der Waals surface area (Å²) in [4.78, 5) is 20.4. The molecule has 2 N–H and O–H groups in total. The highest BCUT2D eigenvalue weighted by molar-refractivity contribution is 6.31. The molecule has 0 aliphatic rings. The van der Waals surface area contributed by atoms with Crippen molar-refractivity contribution < 1.29 is 4.79 Å². The van der Waals surface area contributed by atoms with Crippen LogP contribution in [0, 0.1) is 6.92 Å². The van der Waals surface area contributed by atoms with E-state index in [4.69, 9.17) is 11.6 Å². The van der Waals surface area contributed by atoms with Crippen LogP contribution in [0.15, 0.2) is 30.6 Å². The largest absolute Gasteiger partial charge is 0.354 e. The van der Waals surface area contributed by atoms with Gasteiger partial charge in [-0.3, -0.25) is 4.79 Å². The van der Waals surface area contributed by atoms with E-state index in [0.29, 0.717) is 22.2 Å². The van der Waals surface area contributed by atoms with Crippen LogP contribution in [0.3, 0.4) is 0 Å². The smallest absolute Gasteiger partial charge is 0.258 e. The average Bonchev–Trinajstić information content (AvgIpc) is 2.49. The Morgan fingerprint density at radius 1 is 1.29 bits per heavy atom. The molecule has 0 aliphatic carbocycles. The Hall–Kier alpha value is -2.14. The van der Waals surface area contributed by atoms with Crippen molar-refractivity contribution in [2.75, 3.05) is 17.2 Å². The summed E-state index contributed by atoms with van der Waals surface area (Å²) in [7, 11) is 0. The second-order valence-corrected chi connectivity index (χ2v) is 5.07. The van der Waals surface area contributed by atoms with Gasteiger partial charge in [0.25, 0.3) is 5.91 Å². The molecule has 0 spiro atoms. The molecule has 0 atom stereocenters. The molecular formula is C15H17ClN4O. The van der Waals surface area contributed by atoms with Crippen LogP contribution in [-0.2, 0) is 0 Å². The molecule has 0 fully saturated rings. The number of nitrogens with zero attached hydrogens (tertiary/aromatic N) is 2. The van der Waals surface area contributed by atoms with Crippen LogP contribution < -0.4 is 10.6 Å². The molecule has 5 nitrogen and oxygen atoms in total. The maximum Gasteiger partial charge on any atom is 0.258 e. The number of rotatable bonds is 5. The molecule has 1 heterocycles. The Morgan fingerprint density at radius 2 is 2.00 bits per heavy atom. The summed E-state index contributed by atoms with van der Waals surface area (Å²) in [5, 5.41) is 6.44. The summed E-state index contributed by atoms with van der Waals surface area (Å²) >= 11 is 5.93. The normalized spacial score (nSPS) is 10.2. The van der Waals surface area contributed by atoms with Crippen LogP contribution in [0.5, 0.6) is 0 Å². The predicted molar refractivity (Wildman–Crippen MR) is 85.0 cm³/mol. The highest BCUT2D eigenvalue weighted by atomic mass is 35.5. The first-order valence-corrected chi connectivity index (χ1v) is 7.11. The third-order valence-corrected chi connectivity index (χ3v) is 3.13. The summed E-state index contributed by atoms with van der Waals surface area (Å²) in [6, 6.07) is 5.35. The summed E-state index contributed by atoms with van der Waals surface area (Å²) in [5.74, 6) is 0.259. The van der Waals surface area contributed by atoms with Crippen molar-refractivity contribution in [1.29, 1.82) is 0 Å². The molecule has 0 aliphatic heterocycles. The van der Waals surface area contributed by atoms with Crippen LogP contribution in [-0.4, -0.2) is 22.4 Å². The Balaban J connectivity index is 2.07. The minimum Gasteiger partial charge on any atom is -0.354 e. The van der Waals surface area contributed by atoms with Crippen molar-refractivity contribution >= 4 is 29.1 Å². The van der Waals surface area contributed by atoms with Gasteiger partial charge in [-0.2, -0.15) is 0 Å². The zero-order valence-corrected chi connectivity index (χ0v) is 12.7. The van der Waals surface area contributed by atoms with Gasteiger partial charge in [-0.15, -0.1) is 0 Å². The molecule has 2 aromatic rings. The van der Waals surface area contributed by atoms with Gasteiger partial charge in [0, 0.05) is 29.6 Å². The number of hydrogen-bond acceptors (Lipinski definition) is 4. The van der Waals surface area contributed by atoms with Gasteiger partial charge >= 0.3 is 0 Å². The van der Waals surface area contributed by atoms with E-state index in [-0.39, 0.29) is 5.91 Å². The molecule has 21 heavy (non-hydrogen) atoms. The van der Waals surface area contributed by atoms with Crippen molar-refractivity contribution in [3.05, 3.63) is 46.7 Å². The lowest BCUT2D eigenvalue weighted by molar-refractivity contribution is 0.102. The number of nitrogens with one attached hydrogen (secondary N) is 2. The lowest BCUT2D eigenvalue weighted by atomic mass is 10.2. The third kappa shape index (κ3) is 4.16. The number of halogens is 1. The zero-order valence-electron chi connectivity index (χ0n) is 12.0. The predicted octanol–water partition coefficient (Wildman–Crippen LogP) is 3.51. The Morgan fingerprint density at radius 3 is 2.67 bits per heavy atom. The Kier molecular flexibility index (Phi) is 5.11. The van der Waals surface area contributed by atoms with E-state index >= 15 is 0 Å². The summed E-state index contributed by atoms with van der Waals surface area (Å²) in [5.41, 5.74) is 2.02. The van der Waals surface area contributed by atoms with Gasteiger partial charge in [-0.1, -0.05) is 24.6 Å². The average molecular weight is 305 g/mol. The fourth-order valence-electron chi connectivity index (χ4n) is 1.70. The monoisotopic (exact) mass is 304 g/mol. The van der Waals surface area contributed by atoms with E-state index in [9.17, 15) is 4.79 Å². The number of carbonyl (C=O) groups is 1. The first-order chi connectivity index (χ1) is 10.1. The molecule has 0 radical (unpaired) electrons. The molecule has 0 unspecified atom stereocenters. The van der Waals surface area contributed by atoms with Crippen molar-refractivity contribution in [3.63, 3.8) is 0 Å². The molecule has 0 bridgehead atoms. The van der Waals surface area contributed by atoms with E-state index in [0.717, 1.165) is 18.5 Å². The minimum atomic E-state index is -0.262. The van der Waals surface area contributed by atoms with Gasteiger partial charge in [-0.05, 0) is 31.0 Å². The van der Waals surface area contributed by atoms with Crippen molar-refractivity contribution in [2.45, 2.75) is 20.3 Å². The SMILES string of the molecule is CCCNc1ncc(C(=O)Nc2cc(Cl)ccc2C)cn1. The van der Waals surface area contributed by atoms with Crippen LogP contribution in [0.25, 0.3) is 0 Å². The van der Waals surface area contributed by atoms with E-state index in [1.165, 1.54) is 12.4 Å². The number of aromatic nitrogens is 2. The zero-order chi connectivity index (χ0) is 15.2. The van der Waals surface area contributed by atoms with Gasteiger partial charge in [0.15, 0.2) is 0 Å². The van der Waals surface area contributed by atoms with E-state index in [1.807, 2.05) is 13.0 Å². The maximum atomic E-state index is 12.1. The number of benzene rings is 1. The second kappa shape index (κ2) is 7.04. The van der Waals surface area contributed by atoms with Crippen LogP contribution >= 0.6 is 11.6 Å². The van der Waals surface area contributed by atoms with Crippen molar-refractivity contribution in [2.24, 2.45) is 0 Å². The van der Waals surface area contributed by atoms with Gasteiger partial charge in [0.1, 0.15) is 0 Å². The topological polar surface area (TPSA) is 66.9 Å². The first kappa shape index (κ1) is 15.3. The van der Waals surface area contributed by atoms with E-state index < -0.39 is 0 Å². The van der Waals surface area contributed by atoms with Crippen LogP contribution in [0.2, 0.25) is 5.02 Å². The molecular weight excluding hydrogens is 288 g/mol. The molecule has 6 heteroatoms. The fourth-order valence-corrected chi connectivity index (χ4v) is 1.87. The second-order valence-electron chi connectivity index (χ2n) is 4.64. The van der Waals surface area contributed by atoms with Crippen LogP contribution in [0.4, 0.5) is 11.6 Å². The molecule has 0 saturated heterocycles. The highest BCUT2D eigenvalue weighted by Crippen LogP contribution is 2.20. The van der Waals surface area contributed by atoms with Gasteiger partial charge in [0.05, 0.1) is 5.56 Å². The Bertz CT molecular complexity index is 628. The van der Waals surface area contributed by atoms with Crippen LogP contribution in [0.1, 0.15) is 29.3 Å². The van der Waals surface area contributed by atoms with E-state index in [2.05, 4.69) is 27.5 Å². The standard InChI is InChI=1S/C15H17ClN4O/c1-3-6-17-15-18-8-11(9-19-15)14(21)20-13-7-12(16)5-4-10(13)2/h4-5,7-9H,3,6H2,1-2H3,(H,20,21)(H,17,18,19). The molecule has 1 aromatic heterocycles. The lowest BCUT2D eigenvalue weighted by Crippen LogP contribution is -2.14. The molecule has 1 amide bonds. The fraction of sp³-hybridized carbons (Fsp3) is 0.267. The van der Waals surface area contributed by atoms with Crippen molar-refractivity contribution in [1.82, 2.24) is 9.97 Å². The number of aryl methyl sites for hydroxylation is 1. The molecule has 2 rings (SSSR count). The number of hydrogen-bond donors (Lipinski definition) is 2. The lowest BCUT2D eigenvalue weighted by Gasteiger charge is -2.09. The Labute approximate surface area is 128 Å². The quantitative estimate of drug-likeness (QED) is 0.887. The maximum absolute atomic E-state index is 12.1. The summed E-state index contributed by atoms with van der Waals surface area (Å²) in [6.07, 6.45) is 3.99. The van der Waals surface area contributed by atoms with Gasteiger partial charge < -0.3 is 10.6 Å². The van der Waals surface area contributed by atoms with Crippen molar-refractivity contribution in [3.8, 4) is 0 Å². The number of amides is 1. The highest BCUT2D eigenvalue weighted by Gasteiger charge is 2.09. The molecule has 110 valence electrons. The molecule has 1 aromatic carbocycles. The third-order valence-electron chi connectivity index (χ3n) is 2.89. The summed E-state index contributed by atoms with van der Waals surface area (Å²) in [6.45, 7) is 4.76. The minimum absolute atomic E-state index is 0.262. The first-order valence-electron chi connectivity index (χ1n) is 6.73. The number of carbonyl (C=O) groups excluding carboxylic acids is 1. The molecule has 0 saturated carbocycles. The number of anilines is 2. The van der Waals surface area contributed by atoms with Gasteiger partial charge in [0.2, 0.25) is 5.95 Å².